The van der Waals surface area contributed by atoms with Crippen LogP contribution in [0, 0.1) is 11.3 Å². The Labute approximate surface area is 123 Å². The molecule has 0 radical (unpaired) electrons. The minimum atomic E-state index is -0.635. The molecule has 0 fully saturated rings. The van der Waals surface area contributed by atoms with Crippen molar-refractivity contribution in [2.24, 2.45) is 0 Å². The van der Waals surface area contributed by atoms with E-state index in [-0.39, 0.29) is 18.5 Å². The van der Waals surface area contributed by atoms with Gasteiger partial charge in [-0.3, -0.25) is 10.00 Å². The molecule has 0 spiro atoms. The first-order valence-electron chi connectivity index (χ1n) is 6.57. The van der Waals surface area contributed by atoms with Crippen LogP contribution in [0.1, 0.15) is 31.0 Å². The van der Waals surface area contributed by atoms with Crippen LogP contribution < -0.4 is 5.32 Å². The van der Waals surface area contributed by atoms with Gasteiger partial charge < -0.3 is 4.74 Å². The summed E-state index contributed by atoms with van der Waals surface area (Å²) in [5, 5.41) is 15.7. The van der Waals surface area contributed by atoms with Crippen molar-refractivity contribution in [1.82, 2.24) is 9.78 Å². The number of nitrogens with one attached hydrogen (secondary N) is 1. The van der Waals surface area contributed by atoms with Crippen LogP contribution in [0.3, 0.4) is 0 Å². The van der Waals surface area contributed by atoms with Gasteiger partial charge in [0.1, 0.15) is 18.2 Å². The van der Waals surface area contributed by atoms with Gasteiger partial charge in [-0.05, 0) is 19.4 Å². The molecule has 0 aliphatic rings. The molecule has 108 valence electrons. The van der Waals surface area contributed by atoms with Gasteiger partial charge in [0.2, 0.25) is 0 Å². The maximum atomic E-state index is 11.7. The monoisotopic (exact) mass is 284 g/mol. The van der Waals surface area contributed by atoms with Crippen LogP contribution in [0.4, 0.5) is 10.6 Å². The molecule has 1 aromatic heterocycles. The summed E-state index contributed by atoms with van der Waals surface area (Å²) in [5.74, 6) is 0.212. The third-order valence-electron chi connectivity index (χ3n) is 2.81. The molecule has 1 heterocycles. The van der Waals surface area contributed by atoms with E-state index < -0.39 is 6.09 Å². The molecule has 21 heavy (non-hydrogen) atoms. The molecule has 2 aromatic rings. The van der Waals surface area contributed by atoms with E-state index in [0.29, 0.717) is 5.56 Å². The zero-order valence-corrected chi connectivity index (χ0v) is 11.9. The molecule has 1 aromatic carbocycles. The number of carbonyl (C=O) groups excluding carboxylic acids is 1. The summed E-state index contributed by atoms with van der Waals surface area (Å²) in [7, 11) is 0. The fourth-order valence-corrected chi connectivity index (χ4v) is 1.69. The van der Waals surface area contributed by atoms with Crippen molar-refractivity contribution in [3.8, 4) is 6.07 Å². The van der Waals surface area contributed by atoms with Gasteiger partial charge >= 0.3 is 6.09 Å². The van der Waals surface area contributed by atoms with Crippen LogP contribution in [0.5, 0.6) is 0 Å². The van der Waals surface area contributed by atoms with E-state index in [1.807, 2.05) is 50.2 Å². The second-order valence-electron chi connectivity index (χ2n) is 4.76. The number of nitriles is 1. The highest BCUT2D eigenvalue weighted by atomic mass is 16.5. The molecule has 0 saturated carbocycles. The molecule has 2 rings (SSSR count). The quantitative estimate of drug-likeness (QED) is 0.935. The molecule has 0 aliphatic carbocycles. The lowest BCUT2D eigenvalue weighted by atomic mass is 10.2. The number of carbonyl (C=O) groups is 1. The van der Waals surface area contributed by atoms with Gasteiger partial charge in [0.15, 0.2) is 5.82 Å². The van der Waals surface area contributed by atoms with Crippen molar-refractivity contribution in [1.29, 1.82) is 5.26 Å². The molecular weight excluding hydrogens is 268 g/mol. The molecule has 0 unspecified atom stereocenters. The maximum absolute atomic E-state index is 11.7. The molecule has 0 aliphatic heterocycles. The number of rotatable bonds is 4. The molecule has 1 amide bonds. The Morgan fingerprint density at radius 3 is 2.76 bits per heavy atom. The van der Waals surface area contributed by atoms with Crippen molar-refractivity contribution < 1.29 is 9.53 Å². The van der Waals surface area contributed by atoms with E-state index >= 15 is 0 Å². The number of aromatic nitrogens is 2. The fourth-order valence-electron chi connectivity index (χ4n) is 1.69. The molecule has 6 heteroatoms. The standard InChI is InChI=1S/C15H16N4O2/c1-11(2)19-9-13(8-16)14(18-19)17-15(20)21-10-12-6-4-3-5-7-12/h3-7,9,11H,10H2,1-2H3,(H,17,18,20). The number of benzene rings is 1. The maximum Gasteiger partial charge on any atom is 0.413 e. The van der Waals surface area contributed by atoms with Crippen LogP contribution in [0.25, 0.3) is 0 Å². The third kappa shape index (κ3) is 3.83. The molecule has 1 N–H and O–H groups in total. The molecule has 0 atom stereocenters. The Hall–Kier alpha value is -2.81. The van der Waals surface area contributed by atoms with E-state index in [9.17, 15) is 4.79 Å². The van der Waals surface area contributed by atoms with Crippen molar-refractivity contribution in [3.63, 3.8) is 0 Å². The SMILES string of the molecule is CC(C)n1cc(C#N)c(NC(=O)OCc2ccccc2)n1. The second-order valence-corrected chi connectivity index (χ2v) is 4.76. The van der Waals surface area contributed by atoms with Crippen LogP contribution >= 0.6 is 0 Å². The number of hydrogen-bond acceptors (Lipinski definition) is 4. The van der Waals surface area contributed by atoms with Crippen LogP contribution in [-0.2, 0) is 11.3 Å². The van der Waals surface area contributed by atoms with Crippen molar-refractivity contribution >= 4 is 11.9 Å². The highest BCUT2D eigenvalue weighted by molar-refractivity contribution is 5.84. The van der Waals surface area contributed by atoms with Gasteiger partial charge in [-0.2, -0.15) is 10.4 Å². The zero-order chi connectivity index (χ0) is 15.2. The van der Waals surface area contributed by atoms with E-state index in [4.69, 9.17) is 10.00 Å². The average Bonchev–Trinajstić information content (AvgIpc) is 2.89. The molecule has 0 bridgehead atoms. The summed E-state index contributed by atoms with van der Waals surface area (Å²) >= 11 is 0. The normalized spacial score (nSPS) is 10.2. The number of amides is 1. The largest absolute Gasteiger partial charge is 0.444 e. The van der Waals surface area contributed by atoms with Gasteiger partial charge in [-0.15, -0.1) is 0 Å². The smallest absolute Gasteiger partial charge is 0.413 e. The predicted molar refractivity (Wildman–Crippen MR) is 77.6 cm³/mol. The van der Waals surface area contributed by atoms with E-state index in [0.717, 1.165) is 5.56 Å². The van der Waals surface area contributed by atoms with Crippen LogP contribution in [0.2, 0.25) is 0 Å². The lowest BCUT2D eigenvalue weighted by Gasteiger charge is -2.06. The summed E-state index contributed by atoms with van der Waals surface area (Å²) < 4.78 is 6.71. The second kappa shape index (κ2) is 6.57. The summed E-state index contributed by atoms with van der Waals surface area (Å²) in [5.41, 5.74) is 1.20. The first-order valence-corrected chi connectivity index (χ1v) is 6.57. The van der Waals surface area contributed by atoms with Crippen molar-refractivity contribution in [3.05, 3.63) is 47.7 Å². The van der Waals surface area contributed by atoms with Gasteiger partial charge in [-0.1, -0.05) is 30.3 Å². The first kappa shape index (κ1) is 14.6. The summed E-state index contributed by atoms with van der Waals surface area (Å²) in [6, 6.07) is 11.5. The highest BCUT2D eigenvalue weighted by Crippen LogP contribution is 2.15. The highest BCUT2D eigenvalue weighted by Gasteiger charge is 2.13. The van der Waals surface area contributed by atoms with E-state index in [1.54, 1.807) is 10.9 Å². The van der Waals surface area contributed by atoms with E-state index in [1.165, 1.54) is 0 Å². The van der Waals surface area contributed by atoms with Gasteiger partial charge in [0.05, 0.1) is 0 Å². The third-order valence-corrected chi connectivity index (χ3v) is 2.81. The topological polar surface area (TPSA) is 79.9 Å². The van der Waals surface area contributed by atoms with Crippen LogP contribution in [0.15, 0.2) is 36.5 Å². The van der Waals surface area contributed by atoms with Crippen LogP contribution in [-0.4, -0.2) is 15.9 Å². The fraction of sp³-hybridized carbons (Fsp3) is 0.267. The molecule has 0 saturated heterocycles. The lowest BCUT2D eigenvalue weighted by Crippen LogP contribution is -2.15. The number of nitrogens with zero attached hydrogens (tertiary/aromatic N) is 3. The Morgan fingerprint density at radius 2 is 2.14 bits per heavy atom. The summed E-state index contributed by atoms with van der Waals surface area (Å²) in [6.45, 7) is 4.04. The van der Waals surface area contributed by atoms with Gasteiger partial charge in [-0.25, -0.2) is 4.79 Å². The zero-order valence-electron chi connectivity index (χ0n) is 11.9. The first-order chi connectivity index (χ1) is 10.1. The Bertz CT molecular complexity index is 656. The number of anilines is 1. The molecular formula is C15H16N4O2. The Kier molecular flexibility index (Phi) is 4.57. The summed E-state index contributed by atoms with van der Waals surface area (Å²) in [6.07, 6.45) is 0.960. The van der Waals surface area contributed by atoms with Gasteiger partial charge in [0, 0.05) is 12.2 Å². The lowest BCUT2D eigenvalue weighted by molar-refractivity contribution is 0.155. The van der Waals surface area contributed by atoms with Crippen molar-refractivity contribution in [2.75, 3.05) is 5.32 Å². The summed E-state index contributed by atoms with van der Waals surface area (Å²) in [4.78, 5) is 11.7. The Morgan fingerprint density at radius 1 is 1.43 bits per heavy atom. The predicted octanol–water partition coefficient (Wildman–Crippen LogP) is 3.08. The van der Waals surface area contributed by atoms with E-state index in [2.05, 4.69) is 10.4 Å². The minimum absolute atomic E-state index is 0.105. The number of hydrogen-bond donors (Lipinski definition) is 1. The van der Waals surface area contributed by atoms with Crippen molar-refractivity contribution in [2.45, 2.75) is 26.5 Å². The van der Waals surface area contributed by atoms with Gasteiger partial charge in [0.25, 0.3) is 0 Å². The number of ether oxygens (including phenoxy) is 1. The minimum Gasteiger partial charge on any atom is -0.444 e. The Balaban J connectivity index is 1.98. The average molecular weight is 284 g/mol. The molecule has 6 nitrogen and oxygen atoms in total.